The van der Waals surface area contributed by atoms with E-state index in [-0.39, 0.29) is 16.4 Å². The maximum Gasteiger partial charge on any atom is 0.247 e. The third kappa shape index (κ3) is 4.12. The smallest absolute Gasteiger partial charge is 0.247 e. The molecule has 0 saturated heterocycles. The van der Waals surface area contributed by atoms with Crippen LogP contribution in [0, 0.1) is 10.6 Å². The van der Waals surface area contributed by atoms with Crippen LogP contribution in [0.1, 0.15) is 19.9 Å². The summed E-state index contributed by atoms with van der Waals surface area (Å²) >= 11 is 6.71. The molecule has 0 bridgehead atoms. The van der Waals surface area contributed by atoms with Crippen molar-refractivity contribution in [3.63, 3.8) is 0 Å². The van der Waals surface area contributed by atoms with Crippen LogP contribution in [0.4, 0.5) is 15.8 Å². The van der Waals surface area contributed by atoms with Gasteiger partial charge in [0, 0.05) is 12.6 Å². The summed E-state index contributed by atoms with van der Waals surface area (Å²) < 4.78 is 15.9. The Balaban J connectivity index is 1.87. The molecule has 140 valence electrons. The summed E-state index contributed by atoms with van der Waals surface area (Å²) in [5, 5.41) is 13.9. The Kier molecular flexibility index (Phi) is 5.47. The summed E-state index contributed by atoms with van der Waals surface area (Å²) in [5.74, 6) is -0.842. The molecular weight excluding hydrogens is 389 g/mol. The number of thiophene rings is 1. The number of nitrogens with one attached hydrogen (secondary N) is 3. The van der Waals surface area contributed by atoms with E-state index in [4.69, 9.17) is 12.2 Å². The van der Waals surface area contributed by atoms with E-state index in [1.54, 1.807) is 11.5 Å². The van der Waals surface area contributed by atoms with Gasteiger partial charge < -0.3 is 10.6 Å². The molecule has 0 radical (unpaired) electrons. The van der Waals surface area contributed by atoms with Crippen LogP contribution >= 0.6 is 23.6 Å². The Labute approximate surface area is 163 Å². The minimum absolute atomic E-state index is 0.0363. The van der Waals surface area contributed by atoms with E-state index in [2.05, 4.69) is 20.8 Å². The molecule has 3 N–H and O–H groups in total. The van der Waals surface area contributed by atoms with Crippen molar-refractivity contribution in [2.45, 2.75) is 19.9 Å². The summed E-state index contributed by atoms with van der Waals surface area (Å²) in [6, 6.07) is 6.94. The molecule has 0 spiro atoms. The maximum absolute atomic E-state index is 14.1. The van der Waals surface area contributed by atoms with Crippen molar-refractivity contribution in [1.82, 2.24) is 14.8 Å². The van der Waals surface area contributed by atoms with Gasteiger partial charge in [0.2, 0.25) is 11.8 Å². The van der Waals surface area contributed by atoms with Crippen molar-refractivity contribution in [2.75, 3.05) is 10.6 Å². The first-order chi connectivity index (χ1) is 12.9. The molecule has 0 saturated carbocycles. The summed E-state index contributed by atoms with van der Waals surface area (Å²) in [6.45, 7) is 2.99. The van der Waals surface area contributed by atoms with Crippen LogP contribution in [0.2, 0.25) is 0 Å². The molecular formula is C17H16FN5O2S2. The van der Waals surface area contributed by atoms with E-state index in [0.717, 1.165) is 4.88 Å². The van der Waals surface area contributed by atoms with Gasteiger partial charge in [-0.15, -0.1) is 11.3 Å². The first kappa shape index (κ1) is 18.9. The molecule has 1 unspecified atom stereocenters. The van der Waals surface area contributed by atoms with E-state index >= 15 is 0 Å². The molecule has 1 aromatic carbocycles. The van der Waals surface area contributed by atoms with Crippen molar-refractivity contribution >= 4 is 46.7 Å². The van der Waals surface area contributed by atoms with Gasteiger partial charge in [0.05, 0.1) is 10.6 Å². The molecule has 0 aliphatic heterocycles. The number of amides is 2. The molecule has 2 heterocycles. The van der Waals surface area contributed by atoms with Crippen molar-refractivity contribution < 1.29 is 14.0 Å². The van der Waals surface area contributed by atoms with Crippen LogP contribution in [0.15, 0.2) is 35.7 Å². The number of carbonyl (C=O) groups is 2. The average Bonchev–Trinajstić information content (AvgIpc) is 3.26. The fraction of sp³-hybridized carbons (Fsp3) is 0.176. The second-order valence-electron chi connectivity index (χ2n) is 5.74. The molecule has 2 aromatic heterocycles. The summed E-state index contributed by atoms with van der Waals surface area (Å²) in [7, 11) is 0. The fourth-order valence-electron chi connectivity index (χ4n) is 2.50. The molecule has 10 heteroatoms. The topological polar surface area (TPSA) is 91.8 Å². The second kappa shape index (κ2) is 7.80. The van der Waals surface area contributed by atoms with Crippen molar-refractivity contribution in [3.8, 4) is 10.7 Å². The molecule has 27 heavy (non-hydrogen) atoms. The largest absolute Gasteiger partial charge is 0.326 e. The van der Waals surface area contributed by atoms with Crippen LogP contribution < -0.4 is 10.6 Å². The van der Waals surface area contributed by atoms with Gasteiger partial charge in [-0.05, 0) is 48.8 Å². The van der Waals surface area contributed by atoms with Gasteiger partial charge in [-0.2, -0.15) is 5.10 Å². The Morgan fingerprint density at radius 1 is 1.33 bits per heavy atom. The lowest BCUT2D eigenvalue weighted by atomic mass is 10.2. The van der Waals surface area contributed by atoms with Gasteiger partial charge in [0.15, 0.2) is 10.6 Å². The highest BCUT2D eigenvalue weighted by Crippen LogP contribution is 2.27. The Hall–Kier alpha value is -2.85. The highest BCUT2D eigenvalue weighted by molar-refractivity contribution is 7.71. The van der Waals surface area contributed by atoms with Crippen molar-refractivity contribution in [2.24, 2.45) is 0 Å². The van der Waals surface area contributed by atoms with Crippen LogP contribution in [-0.4, -0.2) is 26.6 Å². The number of H-pyrrole nitrogens is 1. The molecule has 2 amide bonds. The van der Waals surface area contributed by atoms with Gasteiger partial charge in [0.25, 0.3) is 0 Å². The first-order valence-electron chi connectivity index (χ1n) is 7.95. The predicted molar refractivity (Wildman–Crippen MR) is 105 cm³/mol. The number of hydrogen-bond acceptors (Lipinski definition) is 5. The fourth-order valence-corrected chi connectivity index (χ4v) is 3.50. The van der Waals surface area contributed by atoms with Crippen LogP contribution in [-0.2, 0) is 9.59 Å². The summed E-state index contributed by atoms with van der Waals surface area (Å²) in [4.78, 5) is 24.7. The lowest BCUT2D eigenvalue weighted by molar-refractivity contribution is -0.119. The Morgan fingerprint density at radius 3 is 2.78 bits per heavy atom. The second-order valence-corrected chi connectivity index (χ2v) is 7.08. The van der Waals surface area contributed by atoms with Crippen LogP contribution in [0.5, 0.6) is 0 Å². The number of hydrogen-bond donors (Lipinski definition) is 3. The van der Waals surface area contributed by atoms with Crippen LogP contribution in [0.25, 0.3) is 10.7 Å². The van der Waals surface area contributed by atoms with E-state index in [9.17, 15) is 14.0 Å². The van der Waals surface area contributed by atoms with Gasteiger partial charge >= 0.3 is 0 Å². The van der Waals surface area contributed by atoms with E-state index < -0.39 is 17.8 Å². The highest BCUT2D eigenvalue weighted by atomic mass is 32.1. The van der Waals surface area contributed by atoms with Gasteiger partial charge in [-0.25, -0.2) is 4.39 Å². The minimum atomic E-state index is -0.739. The van der Waals surface area contributed by atoms with Crippen molar-refractivity contribution in [1.29, 1.82) is 0 Å². The van der Waals surface area contributed by atoms with Gasteiger partial charge in [-0.1, -0.05) is 6.07 Å². The quantitative estimate of drug-likeness (QED) is 0.560. The number of aromatic amines is 1. The number of nitrogens with zero attached hydrogens (tertiary/aromatic N) is 2. The third-order valence-electron chi connectivity index (χ3n) is 3.76. The molecule has 3 aromatic rings. The number of aromatic nitrogens is 3. The highest BCUT2D eigenvalue weighted by Gasteiger charge is 2.22. The molecule has 0 fully saturated rings. The lowest BCUT2D eigenvalue weighted by Crippen LogP contribution is -2.25. The lowest BCUT2D eigenvalue weighted by Gasteiger charge is -2.16. The number of benzene rings is 1. The molecule has 0 aliphatic rings. The number of carbonyl (C=O) groups excluding carboxylic acids is 2. The van der Waals surface area contributed by atoms with Crippen LogP contribution in [0.3, 0.4) is 0 Å². The molecule has 7 nitrogen and oxygen atoms in total. The zero-order valence-electron chi connectivity index (χ0n) is 14.4. The Morgan fingerprint density at radius 2 is 2.11 bits per heavy atom. The number of halogens is 1. The van der Waals surface area contributed by atoms with E-state index in [1.807, 2.05) is 17.5 Å². The maximum atomic E-state index is 14.1. The minimum Gasteiger partial charge on any atom is -0.326 e. The zero-order chi connectivity index (χ0) is 19.6. The molecule has 1 atom stereocenters. The normalized spacial score (nSPS) is 11.8. The van der Waals surface area contributed by atoms with Gasteiger partial charge in [-0.3, -0.25) is 19.3 Å². The SMILES string of the molecule is CC(=O)Nc1ccc(F)c(NC(=O)C(C)n2c(-c3cccs3)n[nH]c2=S)c1. The first-order valence-corrected chi connectivity index (χ1v) is 9.24. The van der Waals surface area contributed by atoms with E-state index in [0.29, 0.717) is 11.5 Å². The number of rotatable bonds is 5. The predicted octanol–water partition coefficient (Wildman–Crippen LogP) is 3.97. The van der Waals surface area contributed by atoms with Crippen molar-refractivity contribution in [3.05, 3.63) is 46.3 Å². The monoisotopic (exact) mass is 405 g/mol. The standard InChI is InChI=1S/C17H16FN5O2S2/c1-9(23-15(21-22-17(23)26)14-4-3-7-27-14)16(25)20-13-8-11(19-10(2)24)5-6-12(13)18/h3-9H,1-2H3,(H,19,24)(H,20,25)(H,22,26). The summed E-state index contributed by atoms with van der Waals surface area (Å²) in [5.41, 5.74) is 0.344. The Bertz CT molecular complexity index is 1040. The molecule has 3 rings (SSSR count). The summed E-state index contributed by atoms with van der Waals surface area (Å²) in [6.07, 6.45) is 0. The molecule has 0 aliphatic carbocycles. The zero-order valence-corrected chi connectivity index (χ0v) is 16.1. The number of anilines is 2. The average molecular weight is 405 g/mol. The van der Waals surface area contributed by atoms with Gasteiger partial charge in [0.1, 0.15) is 11.9 Å². The van der Waals surface area contributed by atoms with E-state index in [1.165, 1.54) is 36.5 Å². The third-order valence-corrected chi connectivity index (χ3v) is 4.91.